The van der Waals surface area contributed by atoms with E-state index in [9.17, 15) is 4.79 Å². The zero-order valence-corrected chi connectivity index (χ0v) is 11.0. The number of esters is 1. The molecule has 102 valence electrons. The highest BCUT2D eigenvalue weighted by atomic mass is 16.6. The van der Waals surface area contributed by atoms with E-state index in [0.29, 0.717) is 12.2 Å². The molecule has 3 rings (SSSR count). The number of fused-ring (bicyclic) bond motifs is 1. The van der Waals surface area contributed by atoms with E-state index >= 15 is 0 Å². The number of rotatable bonds is 3. The van der Waals surface area contributed by atoms with Crippen molar-refractivity contribution in [3.05, 3.63) is 29.3 Å². The molecule has 0 aliphatic carbocycles. The molecule has 1 atom stereocenters. The van der Waals surface area contributed by atoms with Gasteiger partial charge < -0.3 is 14.8 Å². The fraction of sp³-hybridized carbons (Fsp3) is 0.533. The van der Waals surface area contributed by atoms with Crippen molar-refractivity contribution < 1.29 is 14.3 Å². The summed E-state index contributed by atoms with van der Waals surface area (Å²) in [4.78, 5) is 12.2. The maximum absolute atomic E-state index is 12.2. The van der Waals surface area contributed by atoms with Crippen LogP contribution >= 0.6 is 0 Å². The monoisotopic (exact) mass is 261 g/mol. The van der Waals surface area contributed by atoms with Crippen molar-refractivity contribution in [3.63, 3.8) is 0 Å². The Balaban J connectivity index is 1.68. The Morgan fingerprint density at radius 1 is 1.42 bits per heavy atom. The number of hydrogen-bond donors (Lipinski definition) is 1. The predicted molar refractivity (Wildman–Crippen MR) is 72.5 cm³/mol. The Bertz CT molecular complexity index is 466. The second kappa shape index (κ2) is 5.61. The highest BCUT2D eigenvalue weighted by Crippen LogP contribution is 2.26. The summed E-state index contributed by atoms with van der Waals surface area (Å²) in [5, 5.41) is 3.32. The molecular formula is C15H19NO3. The molecule has 0 bridgehead atoms. The molecule has 0 amide bonds. The van der Waals surface area contributed by atoms with Crippen molar-refractivity contribution in [2.45, 2.75) is 31.8 Å². The highest BCUT2D eigenvalue weighted by molar-refractivity contribution is 5.93. The molecule has 19 heavy (non-hydrogen) atoms. The molecule has 1 N–H and O–H groups in total. The van der Waals surface area contributed by atoms with Crippen LogP contribution in [0.1, 0.15) is 35.2 Å². The maximum Gasteiger partial charge on any atom is 0.338 e. The molecule has 1 aromatic carbocycles. The molecule has 1 saturated heterocycles. The van der Waals surface area contributed by atoms with E-state index in [1.54, 1.807) is 0 Å². The van der Waals surface area contributed by atoms with Gasteiger partial charge in [0, 0.05) is 18.8 Å². The van der Waals surface area contributed by atoms with E-state index in [2.05, 4.69) is 5.32 Å². The van der Waals surface area contributed by atoms with Crippen molar-refractivity contribution in [1.29, 1.82) is 0 Å². The topological polar surface area (TPSA) is 47.6 Å². The largest absolute Gasteiger partial charge is 0.459 e. The van der Waals surface area contributed by atoms with Crippen LogP contribution in [0.5, 0.6) is 0 Å². The predicted octanol–water partition coefficient (Wildman–Crippen LogP) is 2.38. The first kappa shape index (κ1) is 12.5. The van der Waals surface area contributed by atoms with Crippen molar-refractivity contribution in [2.24, 2.45) is 0 Å². The Morgan fingerprint density at radius 2 is 2.37 bits per heavy atom. The Hall–Kier alpha value is -1.55. The van der Waals surface area contributed by atoms with Gasteiger partial charge in [-0.1, -0.05) is 6.07 Å². The zero-order valence-electron chi connectivity index (χ0n) is 11.0. The van der Waals surface area contributed by atoms with E-state index in [4.69, 9.17) is 9.47 Å². The first-order valence-electron chi connectivity index (χ1n) is 6.99. The highest BCUT2D eigenvalue weighted by Gasteiger charge is 2.21. The summed E-state index contributed by atoms with van der Waals surface area (Å²) in [6.07, 6.45) is 4.13. The molecule has 0 aromatic heterocycles. The normalized spacial score (nSPS) is 21.6. The zero-order chi connectivity index (χ0) is 13.1. The molecule has 0 radical (unpaired) electrons. The van der Waals surface area contributed by atoms with Crippen molar-refractivity contribution >= 4 is 11.7 Å². The Labute approximate surface area is 113 Å². The van der Waals surface area contributed by atoms with Gasteiger partial charge in [-0.25, -0.2) is 4.79 Å². The summed E-state index contributed by atoms with van der Waals surface area (Å²) in [6, 6.07) is 5.77. The lowest BCUT2D eigenvalue weighted by Crippen LogP contribution is -2.20. The van der Waals surface area contributed by atoms with Crippen molar-refractivity contribution in [1.82, 2.24) is 0 Å². The SMILES string of the molecule is O=C(OCC1CCCO1)c1cccc2c1CCCN2. The Kier molecular flexibility index (Phi) is 3.69. The van der Waals surface area contributed by atoms with Crippen molar-refractivity contribution in [2.75, 3.05) is 25.1 Å². The van der Waals surface area contributed by atoms with Crippen LogP contribution in [0.3, 0.4) is 0 Å². The van der Waals surface area contributed by atoms with E-state index in [1.807, 2.05) is 18.2 Å². The van der Waals surface area contributed by atoms with E-state index < -0.39 is 0 Å². The minimum absolute atomic E-state index is 0.0848. The number of benzene rings is 1. The second-order valence-corrected chi connectivity index (χ2v) is 5.10. The van der Waals surface area contributed by atoms with Gasteiger partial charge in [0.2, 0.25) is 0 Å². The minimum Gasteiger partial charge on any atom is -0.459 e. The summed E-state index contributed by atoms with van der Waals surface area (Å²) < 4.78 is 10.8. The average molecular weight is 261 g/mol. The van der Waals surface area contributed by atoms with Crippen LogP contribution in [0, 0.1) is 0 Å². The lowest BCUT2D eigenvalue weighted by atomic mass is 9.98. The number of hydrogen-bond acceptors (Lipinski definition) is 4. The molecule has 2 aliphatic rings. The van der Waals surface area contributed by atoms with Gasteiger partial charge >= 0.3 is 5.97 Å². The van der Waals surface area contributed by atoms with Crippen LogP contribution in [-0.4, -0.2) is 31.8 Å². The van der Waals surface area contributed by atoms with Gasteiger partial charge in [-0.15, -0.1) is 0 Å². The Morgan fingerprint density at radius 3 is 3.21 bits per heavy atom. The smallest absolute Gasteiger partial charge is 0.338 e. The third kappa shape index (κ3) is 2.73. The van der Waals surface area contributed by atoms with E-state index in [1.165, 1.54) is 0 Å². The summed E-state index contributed by atoms with van der Waals surface area (Å²) in [7, 11) is 0. The average Bonchev–Trinajstić information content (AvgIpc) is 2.97. The molecule has 0 spiro atoms. The molecule has 4 nitrogen and oxygen atoms in total. The third-order valence-electron chi connectivity index (χ3n) is 3.74. The quantitative estimate of drug-likeness (QED) is 0.849. The number of carbonyl (C=O) groups excluding carboxylic acids is 1. The standard InChI is InChI=1S/C15H19NO3/c17-15(19-10-11-4-3-9-18-11)13-5-1-7-14-12(13)6-2-8-16-14/h1,5,7,11,16H,2-4,6,8-10H2. The van der Waals surface area contributed by atoms with Gasteiger partial charge in [0.25, 0.3) is 0 Å². The molecule has 1 fully saturated rings. The van der Waals surface area contributed by atoms with Crippen LogP contribution in [0.15, 0.2) is 18.2 Å². The lowest BCUT2D eigenvalue weighted by molar-refractivity contribution is 0.0160. The fourth-order valence-corrected chi connectivity index (χ4v) is 2.72. The fourth-order valence-electron chi connectivity index (χ4n) is 2.72. The number of anilines is 1. The molecular weight excluding hydrogens is 242 g/mol. The van der Waals surface area contributed by atoms with Crippen LogP contribution in [0.25, 0.3) is 0 Å². The molecule has 2 aliphatic heterocycles. The third-order valence-corrected chi connectivity index (χ3v) is 3.74. The molecule has 2 heterocycles. The van der Waals surface area contributed by atoms with Crippen LogP contribution in [0.2, 0.25) is 0 Å². The first-order valence-corrected chi connectivity index (χ1v) is 6.99. The van der Waals surface area contributed by atoms with Gasteiger partial charge in [0.1, 0.15) is 6.61 Å². The number of ether oxygens (including phenoxy) is 2. The van der Waals surface area contributed by atoms with Gasteiger partial charge in [-0.2, -0.15) is 0 Å². The van der Waals surface area contributed by atoms with Gasteiger partial charge in [0.15, 0.2) is 0 Å². The van der Waals surface area contributed by atoms with Crippen LogP contribution in [-0.2, 0) is 15.9 Å². The summed E-state index contributed by atoms with van der Waals surface area (Å²) in [5.41, 5.74) is 2.85. The maximum atomic E-state index is 12.2. The van der Waals surface area contributed by atoms with Crippen LogP contribution in [0.4, 0.5) is 5.69 Å². The van der Waals surface area contributed by atoms with Gasteiger partial charge in [0.05, 0.1) is 11.7 Å². The second-order valence-electron chi connectivity index (χ2n) is 5.10. The van der Waals surface area contributed by atoms with Gasteiger partial charge in [-0.3, -0.25) is 0 Å². The first-order chi connectivity index (χ1) is 9.34. The van der Waals surface area contributed by atoms with Crippen LogP contribution < -0.4 is 5.32 Å². The summed E-state index contributed by atoms with van der Waals surface area (Å²) in [6.45, 7) is 2.13. The van der Waals surface area contributed by atoms with E-state index in [-0.39, 0.29) is 12.1 Å². The van der Waals surface area contributed by atoms with Gasteiger partial charge in [-0.05, 0) is 43.4 Å². The van der Waals surface area contributed by atoms with Crippen molar-refractivity contribution in [3.8, 4) is 0 Å². The molecule has 1 unspecified atom stereocenters. The number of nitrogens with one attached hydrogen (secondary N) is 1. The number of carbonyl (C=O) groups is 1. The molecule has 0 saturated carbocycles. The summed E-state index contributed by atoms with van der Waals surface area (Å²) >= 11 is 0. The molecule has 1 aromatic rings. The summed E-state index contributed by atoms with van der Waals surface area (Å²) in [5.74, 6) is -0.226. The minimum atomic E-state index is -0.226. The molecule has 4 heteroatoms. The lowest BCUT2D eigenvalue weighted by Gasteiger charge is -2.20. The van der Waals surface area contributed by atoms with E-state index in [0.717, 1.165) is 50.1 Å².